The van der Waals surface area contributed by atoms with Gasteiger partial charge in [-0.15, -0.1) is 20.2 Å². The third-order valence-electron chi connectivity index (χ3n) is 6.82. The van der Waals surface area contributed by atoms with Crippen molar-refractivity contribution in [3.05, 3.63) is 68.3 Å². The van der Waals surface area contributed by atoms with Gasteiger partial charge in [0.25, 0.3) is 10.2 Å². The number of unbranched alkanes of at least 4 members (excludes halogenated alkanes) is 1. The van der Waals surface area contributed by atoms with Gasteiger partial charge in [-0.3, -0.25) is 4.79 Å². The van der Waals surface area contributed by atoms with Crippen LogP contribution in [0.15, 0.2) is 42.5 Å². The molecule has 0 heterocycles. The van der Waals surface area contributed by atoms with Crippen LogP contribution in [0.4, 0.5) is 0 Å². The summed E-state index contributed by atoms with van der Waals surface area (Å²) in [6, 6.07) is 9.93. The summed E-state index contributed by atoms with van der Waals surface area (Å²) in [5.74, 6) is -0.954. The Kier molecular flexibility index (Phi) is 14.2. The maximum absolute atomic E-state index is 12.0. The van der Waals surface area contributed by atoms with Gasteiger partial charge < -0.3 is 29.7 Å². The summed E-state index contributed by atoms with van der Waals surface area (Å²) in [5, 5.41) is 49.7. The molecule has 3 N–H and O–H groups in total. The Hall–Kier alpha value is -3.29. The first-order chi connectivity index (χ1) is 18.7. The van der Waals surface area contributed by atoms with E-state index in [0.29, 0.717) is 44.9 Å². The molecule has 1 fully saturated rings. The molecule has 0 radical (unpaired) electrons. The lowest BCUT2D eigenvalue weighted by Gasteiger charge is -2.23. The standard InChI is InChI=1S/C26H38N2O11/c29-20(13-12-19-8-4-3-5-9-19)14-15-23-22(24(30)16-25(23)31)10-6-1-2-7-11-26(32)39-21(17-37-27(33)34)18-38-28(35)36/h1,3-6,8-9,20-25,29-31H,2,7,10-18H2/t20-,22+,23+,24-,25+/m0/s1. The van der Waals surface area contributed by atoms with Crippen LogP contribution in [0, 0.1) is 32.1 Å². The second-order valence-electron chi connectivity index (χ2n) is 9.70. The largest absolute Gasteiger partial charge is 0.458 e. The van der Waals surface area contributed by atoms with E-state index < -0.39 is 53.8 Å². The van der Waals surface area contributed by atoms with Crippen molar-refractivity contribution in [3.63, 3.8) is 0 Å². The SMILES string of the molecule is O=C(CCCC=CC[C@@H]1[C@@H](CC[C@@H](O)CCc2ccccc2)[C@H](O)C[C@@H]1O)OC(CO[N+](=O)[O-])CO[N+](=O)[O-]. The van der Waals surface area contributed by atoms with Crippen LogP contribution in [-0.4, -0.2) is 69.1 Å². The fourth-order valence-corrected chi connectivity index (χ4v) is 4.80. The van der Waals surface area contributed by atoms with Crippen LogP contribution in [0.25, 0.3) is 0 Å². The highest BCUT2D eigenvalue weighted by Gasteiger charge is 2.40. The quantitative estimate of drug-likeness (QED) is 0.0748. The summed E-state index contributed by atoms with van der Waals surface area (Å²) in [6.07, 6.45) is 5.04. The highest BCUT2D eigenvalue weighted by Crippen LogP contribution is 2.38. The highest BCUT2D eigenvalue weighted by atomic mass is 17.0. The van der Waals surface area contributed by atoms with Gasteiger partial charge in [0, 0.05) is 6.42 Å². The first-order valence-corrected chi connectivity index (χ1v) is 13.1. The molecule has 13 nitrogen and oxygen atoms in total. The predicted octanol–water partition coefficient (Wildman–Crippen LogP) is 2.56. The number of aryl methyl sites for hydroxylation is 1. The molecule has 39 heavy (non-hydrogen) atoms. The molecule has 13 heteroatoms. The number of aliphatic hydroxyl groups excluding tert-OH is 3. The molecule has 0 unspecified atom stereocenters. The van der Waals surface area contributed by atoms with Gasteiger partial charge in [-0.2, -0.15) is 0 Å². The van der Waals surface area contributed by atoms with Crippen LogP contribution in [0.2, 0.25) is 0 Å². The predicted molar refractivity (Wildman–Crippen MR) is 137 cm³/mol. The number of ether oxygens (including phenoxy) is 1. The van der Waals surface area contributed by atoms with Crippen molar-refractivity contribution in [2.45, 2.75) is 82.2 Å². The van der Waals surface area contributed by atoms with E-state index in [0.717, 1.165) is 12.0 Å². The number of aliphatic hydroxyl groups is 3. The van der Waals surface area contributed by atoms with Crippen molar-refractivity contribution in [1.82, 2.24) is 0 Å². The van der Waals surface area contributed by atoms with Crippen molar-refractivity contribution in [3.8, 4) is 0 Å². The van der Waals surface area contributed by atoms with Crippen molar-refractivity contribution in [2.24, 2.45) is 11.8 Å². The number of nitrogens with zero attached hydrogens (tertiary/aromatic N) is 2. The smallest absolute Gasteiger partial charge is 0.306 e. The molecule has 2 rings (SSSR count). The van der Waals surface area contributed by atoms with E-state index in [-0.39, 0.29) is 18.3 Å². The zero-order valence-corrected chi connectivity index (χ0v) is 21.8. The van der Waals surface area contributed by atoms with Crippen LogP contribution in [0.3, 0.4) is 0 Å². The molecular formula is C26H38N2O11. The first kappa shape index (κ1) is 31.9. The molecular weight excluding hydrogens is 516 g/mol. The van der Waals surface area contributed by atoms with Crippen LogP contribution >= 0.6 is 0 Å². The number of hydrogen-bond donors (Lipinski definition) is 3. The summed E-state index contributed by atoms with van der Waals surface area (Å²) in [4.78, 5) is 40.8. The molecule has 1 aromatic rings. The van der Waals surface area contributed by atoms with Crippen LogP contribution in [-0.2, 0) is 25.6 Å². The summed E-state index contributed by atoms with van der Waals surface area (Å²) < 4.78 is 4.96. The molecule has 1 aliphatic carbocycles. The lowest BCUT2D eigenvalue weighted by atomic mass is 9.85. The molecule has 1 aliphatic rings. The number of benzene rings is 1. The number of rotatable bonds is 19. The Morgan fingerprint density at radius 3 is 2.28 bits per heavy atom. The summed E-state index contributed by atoms with van der Waals surface area (Å²) >= 11 is 0. The third-order valence-corrected chi connectivity index (χ3v) is 6.82. The Balaban J connectivity index is 1.70. The summed E-state index contributed by atoms with van der Waals surface area (Å²) in [7, 11) is 0. The normalized spacial score (nSPS) is 21.6. The lowest BCUT2D eigenvalue weighted by Crippen LogP contribution is -2.30. The molecule has 0 aliphatic heterocycles. The van der Waals surface area contributed by atoms with E-state index in [1.54, 1.807) is 0 Å². The second kappa shape index (κ2) is 17.3. The minimum absolute atomic E-state index is 0.0218. The van der Waals surface area contributed by atoms with E-state index in [9.17, 15) is 40.3 Å². The third kappa shape index (κ3) is 12.9. The van der Waals surface area contributed by atoms with E-state index in [2.05, 4.69) is 9.68 Å². The van der Waals surface area contributed by atoms with E-state index in [1.807, 2.05) is 42.5 Å². The van der Waals surface area contributed by atoms with Gasteiger partial charge in [-0.25, -0.2) is 0 Å². The molecule has 0 spiro atoms. The molecule has 5 atom stereocenters. The highest BCUT2D eigenvalue weighted by molar-refractivity contribution is 5.69. The van der Waals surface area contributed by atoms with Crippen molar-refractivity contribution in [2.75, 3.05) is 13.2 Å². The average Bonchev–Trinajstić information content (AvgIpc) is 3.17. The Morgan fingerprint density at radius 2 is 1.64 bits per heavy atom. The van der Waals surface area contributed by atoms with E-state index >= 15 is 0 Å². The fraction of sp³-hybridized carbons (Fsp3) is 0.654. The Bertz CT molecular complexity index is 896. The topological polar surface area (TPSA) is 192 Å². The minimum atomic E-state index is -1.30. The first-order valence-electron chi connectivity index (χ1n) is 13.1. The number of allylic oxidation sites excluding steroid dienone is 2. The zero-order chi connectivity index (χ0) is 28.6. The summed E-state index contributed by atoms with van der Waals surface area (Å²) in [5.41, 5.74) is 1.16. The van der Waals surface area contributed by atoms with Gasteiger partial charge in [-0.05, 0) is 68.8 Å². The van der Waals surface area contributed by atoms with Gasteiger partial charge in [0.05, 0.1) is 18.3 Å². The number of esters is 1. The minimum Gasteiger partial charge on any atom is -0.458 e. The number of hydrogen-bond acceptors (Lipinski definition) is 11. The van der Waals surface area contributed by atoms with Gasteiger partial charge in [0.2, 0.25) is 0 Å². The molecule has 218 valence electrons. The van der Waals surface area contributed by atoms with E-state index in [1.165, 1.54) is 0 Å². The lowest BCUT2D eigenvalue weighted by molar-refractivity contribution is -0.768. The monoisotopic (exact) mass is 554 g/mol. The number of carbonyl (C=O) groups is 1. The van der Waals surface area contributed by atoms with Crippen molar-refractivity contribution in [1.29, 1.82) is 0 Å². The van der Waals surface area contributed by atoms with Gasteiger partial charge >= 0.3 is 5.97 Å². The zero-order valence-electron chi connectivity index (χ0n) is 21.8. The van der Waals surface area contributed by atoms with Crippen LogP contribution in [0.1, 0.15) is 56.9 Å². The molecule has 0 aromatic heterocycles. The maximum Gasteiger partial charge on any atom is 0.306 e. The number of carbonyl (C=O) groups excluding carboxylic acids is 1. The van der Waals surface area contributed by atoms with Crippen LogP contribution < -0.4 is 0 Å². The van der Waals surface area contributed by atoms with E-state index in [4.69, 9.17) is 4.74 Å². The molecule has 0 bridgehead atoms. The fourth-order valence-electron chi connectivity index (χ4n) is 4.80. The Morgan fingerprint density at radius 1 is 1.00 bits per heavy atom. The van der Waals surface area contributed by atoms with Crippen molar-refractivity contribution >= 4 is 5.97 Å². The Labute approximate surface area is 226 Å². The second-order valence-corrected chi connectivity index (χ2v) is 9.70. The van der Waals surface area contributed by atoms with Crippen LogP contribution in [0.5, 0.6) is 0 Å². The van der Waals surface area contributed by atoms with Crippen molar-refractivity contribution < 1.29 is 44.7 Å². The molecule has 0 amide bonds. The molecule has 1 saturated carbocycles. The van der Waals surface area contributed by atoms with Gasteiger partial charge in [-0.1, -0.05) is 42.5 Å². The maximum atomic E-state index is 12.0. The van der Waals surface area contributed by atoms with Gasteiger partial charge in [0.1, 0.15) is 19.3 Å². The van der Waals surface area contributed by atoms with Gasteiger partial charge in [0.15, 0.2) is 0 Å². The molecule has 1 aromatic carbocycles. The average molecular weight is 555 g/mol. The summed E-state index contributed by atoms with van der Waals surface area (Å²) in [6.45, 7) is -1.37. The molecule has 0 saturated heterocycles.